The molecule has 0 saturated carbocycles. The van der Waals surface area contributed by atoms with Crippen LogP contribution in [0.25, 0.3) is 5.52 Å². The highest BCUT2D eigenvalue weighted by Crippen LogP contribution is 2.55. The number of nitrogen functional groups attached to an aromatic ring is 1. The second-order valence-electron chi connectivity index (χ2n) is 7.02. The van der Waals surface area contributed by atoms with Crippen molar-refractivity contribution < 1.29 is 19.3 Å². The molecule has 1 unspecified atom stereocenters. The highest BCUT2D eigenvalue weighted by molar-refractivity contribution is 5.65. The number of rotatable bonds is 2. The Balaban J connectivity index is 1.91. The number of aromatic nitrogens is 3. The van der Waals surface area contributed by atoms with Crippen LogP contribution >= 0.6 is 0 Å². The lowest BCUT2D eigenvalue weighted by atomic mass is 9.87. The van der Waals surface area contributed by atoms with Crippen LogP contribution in [0.5, 0.6) is 0 Å². The number of hydrogen-bond acceptors (Lipinski definition) is 7. The summed E-state index contributed by atoms with van der Waals surface area (Å²) in [6.07, 6.45) is 1.33. The zero-order chi connectivity index (χ0) is 17.3. The van der Waals surface area contributed by atoms with E-state index in [2.05, 4.69) is 10.1 Å². The van der Waals surface area contributed by atoms with Gasteiger partial charge in [-0.2, -0.15) is 5.10 Å². The van der Waals surface area contributed by atoms with Gasteiger partial charge in [0.15, 0.2) is 17.2 Å². The number of nitrogens with two attached hydrogens (primary N) is 1. The zero-order valence-electron chi connectivity index (χ0n) is 14.2. The van der Waals surface area contributed by atoms with Crippen molar-refractivity contribution >= 4 is 11.3 Å². The molecule has 8 nitrogen and oxygen atoms in total. The third kappa shape index (κ3) is 1.82. The maximum absolute atomic E-state index is 11.6. The second-order valence-corrected chi connectivity index (χ2v) is 7.02. The van der Waals surface area contributed by atoms with Gasteiger partial charge in [0.2, 0.25) is 5.79 Å². The van der Waals surface area contributed by atoms with Gasteiger partial charge in [-0.1, -0.05) is 6.92 Å². The highest BCUT2D eigenvalue weighted by Gasteiger charge is 2.71. The summed E-state index contributed by atoms with van der Waals surface area (Å²) < 4.78 is 19.7. The molecule has 2 aromatic heterocycles. The van der Waals surface area contributed by atoms with Crippen LogP contribution in [0.4, 0.5) is 5.82 Å². The van der Waals surface area contributed by atoms with Crippen molar-refractivity contribution in [1.82, 2.24) is 14.6 Å². The van der Waals surface area contributed by atoms with E-state index in [1.54, 1.807) is 12.1 Å². The van der Waals surface area contributed by atoms with E-state index in [1.807, 2.05) is 27.7 Å². The number of aliphatic hydroxyl groups is 1. The molecule has 2 fully saturated rings. The maximum Gasteiger partial charge on any atom is 0.243 e. The van der Waals surface area contributed by atoms with E-state index in [-0.39, 0.29) is 6.10 Å². The van der Waals surface area contributed by atoms with Crippen molar-refractivity contribution in [3.63, 3.8) is 0 Å². The molecule has 130 valence electrons. The van der Waals surface area contributed by atoms with Crippen molar-refractivity contribution in [2.45, 2.75) is 63.5 Å². The smallest absolute Gasteiger partial charge is 0.243 e. The molecular formula is C16H22N4O4. The molecular weight excluding hydrogens is 312 g/mol. The second kappa shape index (κ2) is 4.66. The first-order chi connectivity index (χ1) is 11.2. The zero-order valence-corrected chi connectivity index (χ0v) is 14.2. The first-order valence-corrected chi connectivity index (χ1v) is 8.09. The number of anilines is 1. The molecule has 8 heteroatoms. The van der Waals surface area contributed by atoms with Crippen molar-refractivity contribution in [1.29, 1.82) is 0 Å². The number of hydrogen-bond donors (Lipinski definition) is 2. The number of nitrogens with zero attached hydrogens (tertiary/aromatic N) is 3. The largest absolute Gasteiger partial charge is 0.382 e. The molecule has 4 rings (SSSR count). The van der Waals surface area contributed by atoms with Crippen molar-refractivity contribution in [2.75, 3.05) is 5.73 Å². The Bertz CT molecular complexity index is 806. The summed E-state index contributed by atoms with van der Waals surface area (Å²) in [6.45, 7) is 7.47. The van der Waals surface area contributed by atoms with Crippen molar-refractivity contribution in [2.24, 2.45) is 0 Å². The Morgan fingerprint density at radius 2 is 2.04 bits per heavy atom. The van der Waals surface area contributed by atoms with Gasteiger partial charge in [-0.25, -0.2) is 9.50 Å². The molecule has 0 radical (unpaired) electrons. The summed E-state index contributed by atoms with van der Waals surface area (Å²) in [5, 5.41) is 15.8. The van der Waals surface area contributed by atoms with Crippen molar-refractivity contribution in [3.05, 3.63) is 24.2 Å². The van der Waals surface area contributed by atoms with Gasteiger partial charge in [0.1, 0.15) is 23.6 Å². The van der Waals surface area contributed by atoms with Crippen LogP contribution in [-0.4, -0.2) is 43.3 Å². The van der Waals surface area contributed by atoms with E-state index in [0.717, 1.165) is 0 Å². The van der Waals surface area contributed by atoms with Crippen LogP contribution in [-0.2, 0) is 20.0 Å². The average Bonchev–Trinajstić information content (AvgIpc) is 3.10. The summed E-state index contributed by atoms with van der Waals surface area (Å²) in [4.78, 5) is 3.98. The minimum atomic E-state index is -1.72. The molecule has 2 aromatic rings. The van der Waals surface area contributed by atoms with E-state index < -0.39 is 23.3 Å². The van der Waals surface area contributed by atoms with Gasteiger partial charge in [-0.05, 0) is 39.3 Å². The summed E-state index contributed by atoms with van der Waals surface area (Å²) in [5.74, 6) is -2.21. The number of ether oxygens (including phenoxy) is 3. The van der Waals surface area contributed by atoms with Gasteiger partial charge >= 0.3 is 0 Å². The van der Waals surface area contributed by atoms with Gasteiger partial charge in [0, 0.05) is 0 Å². The summed E-state index contributed by atoms with van der Waals surface area (Å²) in [5.41, 5.74) is 5.86. The Morgan fingerprint density at radius 3 is 2.75 bits per heavy atom. The Hall–Kier alpha value is -1.74. The molecule has 4 atom stereocenters. The maximum atomic E-state index is 11.6. The van der Waals surface area contributed by atoms with E-state index in [9.17, 15) is 5.11 Å². The SMILES string of the molecule is CC[C@H]1OC(O)(c2ccc3c(N)ncnn23)[C@]2(C)OC(C)(C)O[C@H]12. The number of fused-ring (bicyclic) bond motifs is 2. The molecule has 24 heavy (non-hydrogen) atoms. The fraction of sp³-hybridized carbons (Fsp3) is 0.625. The van der Waals surface area contributed by atoms with Gasteiger partial charge in [-0.3, -0.25) is 0 Å². The first kappa shape index (κ1) is 15.8. The van der Waals surface area contributed by atoms with Crippen LogP contribution in [0.2, 0.25) is 0 Å². The summed E-state index contributed by atoms with van der Waals surface area (Å²) in [6, 6.07) is 3.49. The highest BCUT2D eigenvalue weighted by atomic mass is 16.8. The predicted octanol–water partition coefficient (Wildman–Crippen LogP) is 1.18. The lowest BCUT2D eigenvalue weighted by molar-refractivity contribution is -0.310. The van der Waals surface area contributed by atoms with Gasteiger partial charge < -0.3 is 25.1 Å². The third-order valence-corrected chi connectivity index (χ3v) is 4.98. The van der Waals surface area contributed by atoms with E-state index in [1.165, 1.54) is 10.8 Å². The fourth-order valence-corrected chi connectivity index (χ4v) is 3.92. The monoisotopic (exact) mass is 334 g/mol. The summed E-state index contributed by atoms with van der Waals surface area (Å²) >= 11 is 0. The van der Waals surface area contributed by atoms with E-state index in [4.69, 9.17) is 19.9 Å². The molecule has 0 bridgehead atoms. The topological polar surface area (TPSA) is 104 Å². The molecule has 0 amide bonds. The van der Waals surface area contributed by atoms with Crippen LogP contribution in [0.15, 0.2) is 18.5 Å². The molecule has 2 aliphatic heterocycles. The summed E-state index contributed by atoms with van der Waals surface area (Å²) in [7, 11) is 0. The molecule has 2 aliphatic rings. The fourth-order valence-electron chi connectivity index (χ4n) is 3.92. The van der Waals surface area contributed by atoms with Gasteiger partial charge in [-0.15, -0.1) is 0 Å². The minimum absolute atomic E-state index is 0.300. The molecule has 0 aliphatic carbocycles. The van der Waals surface area contributed by atoms with Crippen LogP contribution in [0.3, 0.4) is 0 Å². The Kier molecular flexibility index (Phi) is 3.06. The van der Waals surface area contributed by atoms with Crippen molar-refractivity contribution in [3.8, 4) is 0 Å². The predicted molar refractivity (Wildman–Crippen MR) is 84.9 cm³/mol. The van der Waals surface area contributed by atoms with Crippen LogP contribution in [0, 0.1) is 0 Å². The molecule has 0 aromatic carbocycles. The quantitative estimate of drug-likeness (QED) is 0.849. The van der Waals surface area contributed by atoms with Gasteiger partial charge in [0.25, 0.3) is 0 Å². The normalized spacial score (nSPS) is 37.9. The minimum Gasteiger partial charge on any atom is -0.382 e. The molecule has 3 N–H and O–H groups in total. The van der Waals surface area contributed by atoms with Crippen LogP contribution in [0.1, 0.15) is 39.8 Å². The average molecular weight is 334 g/mol. The molecule has 0 spiro atoms. The lowest BCUT2D eigenvalue weighted by Gasteiger charge is -2.36. The van der Waals surface area contributed by atoms with Gasteiger partial charge in [0.05, 0.1) is 6.10 Å². The molecule has 2 saturated heterocycles. The van der Waals surface area contributed by atoms with E-state index in [0.29, 0.717) is 23.4 Å². The molecule has 4 heterocycles. The standard InChI is InChI=1S/C16H22N4O4/c1-5-10-12-15(4,24-14(2,3)23-12)16(21,22-10)11-7-6-9-13(17)18-8-19-20(9)11/h6-8,10,12,21H,5H2,1-4H3,(H2,17,18,19)/t10-,12-,15-,16?/m1/s1. The first-order valence-electron chi connectivity index (χ1n) is 8.09. The van der Waals surface area contributed by atoms with Crippen LogP contribution < -0.4 is 5.73 Å². The van der Waals surface area contributed by atoms with E-state index >= 15 is 0 Å². The third-order valence-electron chi connectivity index (χ3n) is 4.98. The Labute approximate surface area is 139 Å². The lowest BCUT2D eigenvalue weighted by Crippen LogP contribution is -2.52. The Morgan fingerprint density at radius 1 is 1.29 bits per heavy atom.